The number of hydrazine groups is 1. The van der Waals surface area contributed by atoms with Crippen molar-refractivity contribution in [1.82, 2.24) is 5.43 Å². The molecular formula is C17H21ClN2O. The first kappa shape index (κ1) is 15.8. The van der Waals surface area contributed by atoms with Crippen LogP contribution in [0.15, 0.2) is 48.5 Å². The van der Waals surface area contributed by atoms with Gasteiger partial charge in [0.1, 0.15) is 5.75 Å². The number of hydrogen-bond donors (Lipinski definition) is 2. The lowest BCUT2D eigenvalue weighted by molar-refractivity contribution is 0.383. The van der Waals surface area contributed by atoms with E-state index in [-0.39, 0.29) is 12.0 Å². The Morgan fingerprint density at radius 3 is 2.48 bits per heavy atom. The molecule has 112 valence electrons. The molecule has 0 fully saturated rings. The van der Waals surface area contributed by atoms with E-state index >= 15 is 0 Å². The van der Waals surface area contributed by atoms with Crippen LogP contribution in [0.3, 0.4) is 0 Å². The van der Waals surface area contributed by atoms with Crippen LogP contribution in [-0.4, -0.2) is 7.11 Å². The molecule has 21 heavy (non-hydrogen) atoms. The molecule has 2 unspecified atom stereocenters. The van der Waals surface area contributed by atoms with Gasteiger partial charge in [0.2, 0.25) is 0 Å². The van der Waals surface area contributed by atoms with Crippen LogP contribution in [-0.2, 0) is 0 Å². The number of benzene rings is 2. The Morgan fingerprint density at radius 1 is 1.19 bits per heavy atom. The van der Waals surface area contributed by atoms with Crippen LogP contribution in [0.1, 0.15) is 36.4 Å². The normalized spacial score (nSPS) is 13.7. The molecular weight excluding hydrogens is 284 g/mol. The van der Waals surface area contributed by atoms with Gasteiger partial charge in [-0.05, 0) is 30.2 Å². The van der Waals surface area contributed by atoms with E-state index in [0.29, 0.717) is 5.02 Å². The Balaban J connectivity index is 2.45. The first-order valence-corrected chi connectivity index (χ1v) is 7.43. The summed E-state index contributed by atoms with van der Waals surface area (Å²) >= 11 is 6.14. The van der Waals surface area contributed by atoms with Gasteiger partial charge in [-0.1, -0.05) is 48.9 Å². The molecule has 3 nitrogen and oxygen atoms in total. The molecule has 2 atom stereocenters. The highest BCUT2D eigenvalue weighted by Gasteiger charge is 2.25. The molecule has 2 aromatic rings. The van der Waals surface area contributed by atoms with Crippen LogP contribution in [0.2, 0.25) is 5.02 Å². The third-order valence-corrected chi connectivity index (χ3v) is 4.01. The SMILES string of the molecule is CCC(c1ccccc1)C(NN)c1cc(Cl)ccc1OC. The quantitative estimate of drug-likeness (QED) is 0.625. The van der Waals surface area contributed by atoms with Crippen molar-refractivity contribution < 1.29 is 4.74 Å². The van der Waals surface area contributed by atoms with Gasteiger partial charge in [0.05, 0.1) is 13.2 Å². The predicted molar refractivity (Wildman–Crippen MR) is 87.5 cm³/mol. The molecule has 0 bridgehead atoms. The molecule has 0 aliphatic heterocycles. The fourth-order valence-corrected chi connectivity index (χ4v) is 2.92. The highest BCUT2D eigenvalue weighted by Crippen LogP contribution is 2.38. The number of nitrogens with one attached hydrogen (secondary N) is 1. The lowest BCUT2D eigenvalue weighted by Crippen LogP contribution is -2.32. The third kappa shape index (κ3) is 3.56. The average Bonchev–Trinajstić information content (AvgIpc) is 2.53. The lowest BCUT2D eigenvalue weighted by Gasteiger charge is -2.28. The van der Waals surface area contributed by atoms with Gasteiger partial charge in [-0.25, -0.2) is 0 Å². The van der Waals surface area contributed by atoms with Crippen LogP contribution < -0.4 is 16.0 Å². The lowest BCUT2D eigenvalue weighted by atomic mass is 9.85. The van der Waals surface area contributed by atoms with E-state index in [1.165, 1.54) is 5.56 Å². The fraction of sp³-hybridized carbons (Fsp3) is 0.294. The minimum Gasteiger partial charge on any atom is -0.496 e. The number of ether oxygens (including phenoxy) is 1. The minimum absolute atomic E-state index is 0.0638. The van der Waals surface area contributed by atoms with E-state index in [1.807, 2.05) is 36.4 Å². The van der Waals surface area contributed by atoms with Crippen molar-refractivity contribution in [2.45, 2.75) is 25.3 Å². The van der Waals surface area contributed by atoms with E-state index in [4.69, 9.17) is 22.2 Å². The summed E-state index contributed by atoms with van der Waals surface area (Å²) in [4.78, 5) is 0. The Labute approximate surface area is 131 Å². The van der Waals surface area contributed by atoms with Gasteiger partial charge in [-0.15, -0.1) is 0 Å². The third-order valence-electron chi connectivity index (χ3n) is 3.78. The van der Waals surface area contributed by atoms with Crippen molar-refractivity contribution >= 4 is 11.6 Å². The van der Waals surface area contributed by atoms with Gasteiger partial charge in [-0.2, -0.15) is 0 Å². The first-order valence-electron chi connectivity index (χ1n) is 7.05. The zero-order valence-electron chi connectivity index (χ0n) is 12.3. The summed E-state index contributed by atoms with van der Waals surface area (Å²) in [5.74, 6) is 6.87. The van der Waals surface area contributed by atoms with Gasteiger partial charge in [0.25, 0.3) is 0 Å². The zero-order chi connectivity index (χ0) is 15.2. The summed E-state index contributed by atoms with van der Waals surface area (Å²) in [6.45, 7) is 2.15. The molecule has 0 aromatic heterocycles. The van der Waals surface area contributed by atoms with E-state index in [0.717, 1.165) is 17.7 Å². The number of hydrogen-bond acceptors (Lipinski definition) is 3. The molecule has 0 heterocycles. The van der Waals surface area contributed by atoms with Gasteiger partial charge in [0, 0.05) is 16.5 Å². The number of nitrogens with two attached hydrogens (primary N) is 1. The summed E-state index contributed by atoms with van der Waals surface area (Å²) in [6, 6.07) is 15.9. The smallest absolute Gasteiger partial charge is 0.123 e. The summed E-state index contributed by atoms with van der Waals surface area (Å²) < 4.78 is 5.46. The van der Waals surface area contributed by atoms with Crippen molar-refractivity contribution in [3.63, 3.8) is 0 Å². The van der Waals surface area contributed by atoms with Crippen molar-refractivity contribution in [1.29, 1.82) is 0 Å². The van der Waals surface area contributed by atoms with Gasteiger partial charge in [0.15, 0.2) is 0 Å². The molecule has 4 heteroatoms. The van der Waals surface area contributed by atoms with E-state index in [2.05, 4.69) is 24.5 Å². The highest BCUT2D eigenvalue weighted by molar-refractivity contribution is 6.30. The maximum atomic E-state index is 6.14. The summed E-state index contributed by atoms with van der Waals surface area (Å²) in [6.07, 6.45) is 0.953. The topological polar surface area (TPSA) is 47.3 Å². The molecule has 0 saturated heterocycles. The second-order valence-corrected chi connectivity index (χ2v) is 5.39. The molecule has 3 N–H and O–H groups in total. The maximum absolute atomic E-state index is 6.14. The number of methoxy groups -OCH3 is 1. The van der Waals surface area contributed by atoms with Crippen LogP contribution >= 0.6 is 11.6 Å². The van der Waals surface area contributed by atoms with Crippen molar-refractivity contribution in [3.05, 3.63) is 64.7 Å². The van der Waals surface area contributed by atoms with Gasteiger partial charge < -0.3 is 4.74 Å². The monoisotopic (exact) mass is 304 g/mol. The molecule has 0 radical (unpaired) electrons. The van der Waals surface area contributed by atoms with Gasteiger partial charge in [-0.3, -0.25) is 11.3 Å². The molecule has 0 amide bonds. The number of rotatable bonds is 6. The Hall–Kier alpha value is -1.55. The molecule has 2 rings (SSSR count). The second-order valence-electron chi connectivity index (χ2n) is 4.96. The predicted octanol–water partition coefficient (Wildman–Crippen LogP) is 4.05. The van der Waals surface area contributed by atoms with Crippen LogP contribution in [0.25, 0.3) is 0 Å². The first-order chi connectivity index (χ1) is 10.2. The van der Waals surface area contributed by atoms with Crippen LogP contribution in [0, 0.1) is 0 Å². The average molecular weight is 305 g/mol. The van der Waals surface area contributed by atoms with Crippen LogP contribution in [0.5, 0.6) is 5.75 Å². The largest absolute Gasteiger partial charge is 0.496 e. The molecule has 0 aliphatic rings. The van der Waals surface area contributed by atoms with Crippen molar-refractivity contribution in [2.24, 2.45) is 5.84 Å². The molecule has 0 spiro atoms. The zero-order valence-corrected chi connectivity index (χ0v) is 13.1. The number of halogens is 1. The molecule has 0 saturated carbocycles. The minimum atomic E-state index is -0.0638. The van der Waals surface area contributed by atoms with E-state index in [1.54, 1.807) is 7.11 Å². The molecule has 0 aliphatic carbocycles. The summed E-state index contributed by atoms with van der Waals surface area (Å²) in [5.41, 5.74) is 5.15. The van der Waals surface area contributed by atoms with E-state index < -0.39 is 0 Å². The summed E-state index contributed by atoms with van der Waals surface area (Å²) in [7, 11) is 1.66. The highest BCUT2D eigenvalue weighted by atomic mass is 35.5. The van der Waals surface area contributed by atoms with E-state index in [9.17, 15) is 0 Å². The summed E-state index contributed by atoms with van der Waals surface area (Å²) in [5, 5.41) is 0.675. The van der Waals surface area contributed by atoms with Crippen molar-refractivity contribution in [2.75, 3.05) is 7.11 Å². The molecule has 2 aromatic carbocycles. The Kier molecular flexibility index (Phi) is 5.62. The Bertz CT molecular complexity index is 574. The fourth-order valence-electron chi connectivity index (χ4n) is 2.74. The van der Waals surface area contributed by atoms with Crippen LogP contribution in [0.4, 0.5) is 0 Å². The Morgan fingerprint density at radius 2 is 1.90 bits per heavy atom. The standard InChI is InChI=1S/C17H21ClN2O/c1-3-14(12-7-5-4-6-8-12)17(20-19)15-11-13(18)9-10-16(15)21-2/h4-11,14,17,20H,3,19H2,1-2H3. The van der Waals surface area contributed by atoms with Gasteiger partial charge >= 0.3 is 0 Å². The second kappa shape index (κ2) is 7.46. The maximum Gasteiger partial charge on any atom is 0.123 e. The van der Waals surface area contributed by atoms with Crippen molar-refractivity contribution in [3.8, 4) is 5.75 Å².